The van der Waals surface area contributed by atoms with E-state index in [0.29, 0.717) is 5.82 Å². The lowest BCUT2D eigenvalue weighted by molar-refractivity contribution is 0.878. The van der Waals surface area contributed by atoms with Crippen molar-refractivity contribution in [3.8, 4) is 11.4 Å². The van der Waals surface area contributed by atoms with Crippen LogP contribution < -0.4 is 0 Å². The summed E-state index contributed by atoms with van der Waals surface area (Å²) in [5.74, 6) is 0.567. The lowest BCUT2D eigenvalue weighted by atomic mass is 10.1. The van der Waals surface area contributed by atoms with Crippen molar-refractivity contribution < 1.29 is 0 Å². The fourth-order valence-corrected chi connectivity index (χ4v) is 1.39. The number of hydrogen-bond donors (Lipinski definition) is 1. The number of nitrogens with zero attached hydrogens (tertiary/aromatic N) is 7. The molecule has 0 fully saturated rings. The normalized spacial score (nSPS) is 11.1. The van der Waals surface area contributed by atoms with Gasteiger partial charge in [-0.25, -0.2) is 4.68 Å². The second-order valence-electron chi connectivity index (χ2n) is 3.44. The van der Waals surface area contributed by atoms with E-state index in [1.807, 2.05) is 24.3 Å². The fourth-order valence-electron chi connectivity index (χ4n) is 1.39. The van der Waals surface area contributed by atoms with Crippen molar-refractivity contribution in [3.05, 3.63) is 42.5 Å². The minimum atomic E-state index is 0.567. The fraction of sp³-hybridized carbons (Fsp3) is 0. The summed E-state index contributed by atoms with van der Waals surface area (Å²) in [7, 11) is 0. The third-order valence-electron chi connectivity index (χ3n) is 2.26. The Morgan fingerprint density at radius 3 is 2.56 bits per heavy atom. The van der Waals surface area contributed by atoms with Crippen LogP contribution in [-0.4, -0.2) is 41.7 Å². The van der Waals surface area contributed by atoms with Crippen molar-refractivity contribution >= 4 is 6.21 Å². The summed E-state index contributed by atoms with van der Waals surface area (Å²) in [5.41, 5.74) is 1.85. The van der Waals surface area contributed by atoms with E-state index in [9.17, 15) is 0 Å². The molecule has 1 N–H and O–H groups in total. The topological polar surface area (TPSA) is 97.5 Å². The number of H-pyrrole nitrogens is 1. The van der Waals surface area contributed by atoms with Gasteiger partial charge in [0.25, 0.3) is 0 Å². The highest BCUT2D eigenvalue weighted by Gasteiger charge is 2.01. The van der Waals surface area contributed by atoms with Gasteiger partial charge in [0.05, 0.1) is 6.21 Å². The molecule has 0 aliphatic heterocycles. The first-order valence-corrected chi connectivity index (χ1v) is 5.15. The zero-order valence-electron chi connectivity index (χ0n) is 9.17. The molecule has 18 heavy (non-hydrogen) atoms. The average Bonchev–Trinajstić information content (AvgIpc) is 3.10. The first-order chi connectivity index (χ1) is 8.92. The molecular formula is C10H8N8. The molecule has 0 amide bonds. The Hall–Kier alpha value is -2.90. The number of nitrogens with one attached hydrogen (secondary N) is 1. The second kappa shape index (κ2) is 4.53. The zero-order chi connectivity index (χ0) is 12.2. The Labute approximate surface area is 101 Å². The van der Waals surface area contributed by atoms with E-state index in [-0.39, 0.29) is 0 Å². The van der Waals surface area contributed by atoms with Crippen LogP contribution in [0.15, 0.2) is 42.0 Å². The van der Waals surface area contributed by atoms with Gasteiger partial charge in [0, 0.05) is 5.56 Å². The van der Waals surface area contributed by atoms with Crippen LogP contribution in [0.2, 0.25) is 0 Å². The Morgan fingerprint density at radius 2 is 1.89 bits per heavy atom. The summed E-state index contributed by atoms with van der Waals surface area (Å²) in [4.78, 5) is 0. The SMILES string of the molecule is C(=N\n1cnnc1)/c1ccc(-c2nn[nH]n2)cc1. The van der Waals surface area contributed by atoms with Crippen molar-refractivity contribution in [2.24, 2.45) is 5.10 Å². The van der Waals surface area contributed by atoms with Gasteiger partial charge in [-0.3, -0.25) is 0 Å². The van der Waals surface area contributed by atoms with Gasteiger partial charge >= 0.3 is 0 Å². The van der Waals surface area contributed by atoms with Crippen molar-refractivity contribution in [2.75, 3.05) is 0 Å². The van der Waals surface area contributed by atoms with E-state index in [1.165, 1.54) is 17.3 Å². The summed E-state index contributed by atoms with van der Waals surface area (Å²) in [5, 5.41) is 25.2. The number of benzene rings is 1. The van der Waals surface area contributed by atoms with E-state index in [4.69, 9.17) is 0 Å². The standard InChI is InChI=1S/C10H8N8/c1-3-9(10-14-16-17-15-10)4-2-8(1)5-13-18-6-11-12-7-18/h1-7H,(H,14,15,16,17)/b13-5+. The molecule has 0 radical (unpaired) electrons. The van der Waals surface area contributed by atoms with E-state index >= 15 is 0 Å². The predicted molar refractivity (Wildman–Crippen MR) is 62.6 cm³/mol. The number of aromatic nitrogens is 7. The summed E-state index contributed by atoms with van der Waals surface area (Å²) in [6, 6.07) is 7.63. The van der Waals surface area contributed by atoms with Gasteiger partial charge in [0.2, 0.25) is 5.82 Å². The molecule has 0 unspecified atom stereocenters. The van der Waals surface area contributed by atoms with Gasteiger partial charge in [0.1, 0.15) is 12.7 Å². The maximum atomic E-state index is 4.15. The summed E-state index contributed by atoms with van der Waals surface area (Å²) in [6.45, 7) is 0. The van der Waals surface area contributed by atoms with Crippen LogP contribution in [0, 0.1) is 0 Å². The van der Waals surface area contributed by atoms with Gasteiger partial charge in [-0.05, 0) is 10.8 Å². The molecule has 0 aliphatic rings. The number of rotatable bonds is 3. The van der Waals surface area contributed by atoms with E-state index in [2.05, 4.69) is 35.9 Å². The lowest BCUT2D eigenvalue weighted by Gasteiger charge is -1.95. The molecule has 0 aliphatic carbocycles. The van der Waals surface area contributed by atoms with Gasteiger partial charge < -0.3 is 0 Å². The number of hydrogen-bond acceptors (Lipinski definition) is 6. The van der Waals surface area contributed by atoms with Crippen LogP contribution in [0.3, 0.4) is 0 Å². The molecule has 88 valence electrons. The predicted octanol–water partition coefficient (Wildman–Crippen LogP) is 0.340. The monoisotopic (exact) mass is 240 g/mol. The number of tetrazole rings is 1. The van der Waals surface area contributed by atoms with Crippen LogP contribution >= 0.6 is 0 Å². The van der Waals surface area contributed by atoms with Crippen LogP contribution in [0.1, 0.15) is 5.56 Å². The molecule has 0 atom stereocenters. The summed E-state index contributed by atoms with van der Waals surface area (Å²) in [6.07, 6.45) is 4.75. The van der Waals surface area contributed by atoms with Gasteiger partial charge in [-0.1, -0.05) is 24.3 Å². The second-order valence-corrected chi connectivity index (χ2v) is 3.44. The lowest BCUT2D eigenvalue weighted by Crippen LogP contribution is -1.88. The van der Waals surface area contributed by atoms with Crippen molar-refractivity contribution in [1.82, 2.24) is 35.5 Å². The van der Waals surface area contributed by atoms with E-state index in [0.717, 1.165) is 11.1 Å². The molecule has 2 aromatic heterocycles. The highest BCUT2D eigenvalue weighted by atomic mass is 15.5. The van der Waals surface area contributed by atoms with E-state index in [1.54, 1.807) is 6.21 Å². The maximum absolute atomic E-state index is 4.15. The first-order valence-electron chi connectivity index (χ1n) is 5.15. The molecule has 0 bridgehead atoms. The maximum Gasteiger partial charge on any atom is 0.204 e. The third-order valence-corrected chi connectivity index (χ3v) is 2.26. The minimum absolute atomic E-state index is 0.567. The van der Waals surface area contributed by atoms with Crippen LogP contribution in [0.25, 0.3) is 11.4 Å². The first kappa shape index (κ1) is 10.3. The minimum Gasteiger partial charge on any atom is -0.208 e. The van der Waals surface area contributed by atoms with Gasteiger partial charge in [0.15, 0.2) is 0 Å². The number of aromatic amines is 1. The summed E-state index contributed by atoms with van der Waals surface area (Å²) < 4.78 is 1.52. The molecule has 1 aromatic carbocycles. The molecule has 3 aromatic rings. The van der Waals surface area contributed by atoms with Crippen LogP contribution in [0.5, 0.6) is 0 Å². The molecule has 3 rings (SSSR count). The highest BCUT2D eigenvalue weighted by molar-refractivity contribution is 5.80. The summed E-state index contributed by atoms with van der Waals surface area (Å²) >= 11 is 0. The van der Waals surface area contributed by atoms with Crippen molar-refractivity contribution in [2.45, 2.75) is 0 Å². The van der Waals surface area contributed by atoms with Crippen molar-refractivity contribution in [1.29, 1.82) is 0 Å². The Kier molecular flexibility index (Phi) is 2.59. The Bertz CT molecular complexity index is 623. The molecule has 0 saturated heterocycles. The van der Waals surface area contributed by atoms with Gasteiger partial charge in [-0.15, -0.1) is 20.4 Å². The van der Waals surface area contributed by atoms with Crippen molar-refractivity contribution in [3.63, 3.8) is 0 Å². The quantitative estimate of drug-likeness (QED) is 0.666. The molecule has 8 heteroatoms. The molecule has 0 saturated carbocycles. The smallest absolute Gasteiger partial charge is 0.204 e. The Morgan fingerprint density at radius 1 is 1.11 bits per heavy atom. The molecular weight excluding hydrogens is 232 g/mol. The third kappa shape index (κ3) is 2.12. The van der Waals surface area contributed by atoms with Crippen LogP contribution in [0.4, 0.5) is 0 Å². The molecule has 2 heterocycles. The Balaban J connectivity index is 1.79. The van der Waals surface area contributed by atoms with E-state index < -0.39 is 0 Å². The van der Waals surface area contributed by atoms with Crippen LogP contribution in [-0.2, 0) is 0 Å². The highest BCUT2D eigenvalue weighted by Crippen LogP contribution is 2.12. The average molecular weight is 240 g/mol. The molecule has 8 nitrogen and oxygen atoms in total. The van der Waals surface area contributed by atoms with Gasteiger partial charge in [-0.2, -0.15) is 10.3 Å². The zero-order valence-corrected chi connectivity index (χ0v) is 9.17. The molecule has 0 spiro atoms. The largest absolute Gasteiger partial charge is 0.208 e.